The minimum absolute atomic E-state index is 0.00114. The molecule has 0 spiro atoms. The molecule has 1 saturated carbocycles. The van der Waals surface area contributed by atoms with Crippen LogP contribution in [0.4, 0.5) is 4.39 Å². The normalized spacial score (nSPS) is 20.3. The van der Waals surface area contributed by atoms with E-state index < -0.39 is 5.97 Å². The molecular weight excluding hydrogens is 491 g/mol. The quantitative estimate of drug-likeness (QED) is 0.287. The van der Waals surface area contributed by atoms with Gasteiger partial charge in [0.25, 0.3) is 0 Å². The van der Waals surface area contributed by atoms with Gasteiger partial charge in [-0.05, 0) is 107 Å². The summed E-state index contributed by atoms with van der Waals surface area (Å²) in [5, 5.41) is 9.47. The molecule has 0 unspecified atom stereocenters. The zero-order valence-electron chi connectivity index (χ0n) is 23.2. The third-order valence-electron chi connectivity index (χ3n) is 8.46. The first kappa shape index (κ1) is 27.0. The molecule has 3 aromatic carbocycles. The van der Waals surface area contributed by atoms with Crippen LogP contribution in [0.25, 0.3) is 16.7 Å². The van der Waals surface area contributed by atoms with Crippen LogP contribution in [0.2, 0.25) is 0 Å². The SMILES string of the molecule is COc1ccc(F)c(-c2ccc(COc3cccc([C@H](CC(=O)O)[C@H]4C[C@H]4C)c3)cc2C2=CCCC2(C)C)c1. The molecule has 39 heavy (non-hydrogen) atoms. The largest absolute Gasteiger partial charge is 0.497 e. The second-order valence-electron chi connectivity index (χ2n) is 11.7. The Balaban J connectivity index is 1.44. The number of benzene rings is 3. The molecule has 0 saturated heterocycles. The smallest absolute Gasteiger partial charge is 0.303 e. The molecule has 0 aliphatic heterocycles. The van der Waals surface area contributed by atoms with Crippen LogP contribution in [0.15, 0.2) is 66.7 Å². The molecular formula is C34H37FO4. The topological polar surface area (TPSA) is 55.8 Å². The first-order chi connectivity index (χ1) is 18.7. The van der Waals surface area contributed by atoms with E-state index in [1.54, 1.807) is 19.2 Å². The average molecular weight is 529 g/mol. The van der Waals surface area contributed by atoms with Crippen molar-refractivity contribution in [2.24, 2.45) is 17.3 Å². The maximum Gasteiger partial charge on any atom is 0.303 e. The third kappa shape index (κ3) is 5.88. The van der Waals surface area contributed by atoms with Crippen LogP contribution in [-0.2, 0) is 11.4 Å². The number of allylic oxidation sites excluding steroid dienone is 2. The Morgan fingerprint density at radius 1 is 1.05 bits per heavy atom. The van der Waals surface area contributed by atoms with Crippen molar-refractivity contribution < 1.29 is 23.8 Å². The molecule has 204 valence electrons. The minimum Gasteiger partial charge on any atom is -0.497 e. The summed E-state index contributed by atoms with van der Waals surface area (Å²) in [5.74, 6) is 1.25. The fourth-order valence-electron chi connectivity index (χ4n) is 6.06. The van der Waals surface area contributed by atoms with Crippen LogP contribution in [0.1, 0.15) is 69.1 Å². The van der Waals surface area contributed by atoms with Gasteiger partial charge in [-0.1, -0.05) is 51.1 Å². The Morgan fingerprint density at radius 2 is 1.85 bits per heavy atom. The Labute approximate surface area is 230 Å². The zero-order chi connectivity index (χ0) is 27.7. The van der Waals surface area contributed by atoms with Gasteiger partial charge < -0.3 is 14.6 Å². The Hall–Kier alpha value is -3.60. The number of aliphatic carboxylic acids is 1. The van der Waals surface area contributed by atoms with Crippen LogP contribution in [-0.4, -0.2) is 18.2 Å². The van der Waals surface area contributed by atoms with Gasteiger partial charge in [0.2, 0.25) is 0 Å². The number of rotatable bonds is 10. The van der Waals surface area contributed by atoms with E-state index in [4.69, 9.17) is 9.47 Å². The Morgan fingerprint density at radius 3 is 2.51 bits per heavy atom. The third-order valence-corrected chi connectivity index (χ3v) is 8.46. The minimum atomic E-state index is -0.769. The first-order valence-electron chi connectivity index (χ1n) is 13.8. The summed E-state index contributed by atoms with van der Waals surface area (Å²) in [4.78, 5) is 11.5. The summed E-state index contributed by atoms with van der Waals surface area (Å²) in [7, 11) is 1.59. The monoisotopic (exact) mass is 528 g/mol. The van der Waals surface area contributed by atoms with Gasteiger partial charge in [-0.3, -0.25) is 4.79 Å². The highest BCUT2D eigenvalue weighted by atomic mass is 19.1. The Kier molecular flexibility index (Phi) is 7.53. The van der Waals surface area contributed by atoms with Crippen LogP contribution in [0, 0.1) is 23.1 Å². The summed E-state index contributed by atoms with van der Waals surface area (Å²) < 4.78 is 26.7. The number of hydrogen-bond donors (Lipinski definition) is 1. The van der Waals surface area contributed by atoms with Crippen molar-refractivity contribution in [3.63, 3.8) is 0 Å². The van der Waals surface area contributed by atoms with Gasteiger partial charge in [0.05, 0.1) is 13.5 Å². The molecule has 2 aliphatic carbocycles. The van der Waals surface area contributed by atoms with Crippen molar-refractivity contribution in [3.8, 4) is 22.6 Å². The summed E-state index contributed by atoms with van der Waals surface area (Å²) in [6, 6.07) is 18.8. The van der Waals surface area contributed by atoms with Crippen LogP contribution >= 0.6 is 0 Å². The molecule has 5 rings (SSSR count). The molecule has 0 heterocycles. The van der Waals surface area contributed by atoms with Crippen LogP contribution in [0.5, 0.6) is 11.5 Å². The predicted molar refractivity (Wildman–Crippen MR) is 152 cm³/mol. The molecule has 5 heteroatoms. The predicted octanol–water partition coefficient (Wildman–Crippen LogP) is 8.50. The zero-order valence-corrected chi connectivity index (χ0v) is 23.2. The number of carboxylic acids is 1. The lowest BCUT2D eigenvalue weighted by molar-refractivity contribution is -0.137. The highest BCUT2D eigenvalue weighted by Crippen LogP contribution is 2.50. The number of carbonyl (C=O) groups is 1. The van der Waals surface area contributed by atoms with Gasteiger partial charge in [0.1, 0.15) is 23.9 Å². The van der Waals surface area contributed by atoms with E-state index in [1.165, 1.54) is 11.6 Å². The van der Waals surface area contributed by atoms with Crippen molar-refractivity contribution in [2.45, 2.75) is 59.0 Å². The molecule has 0 aromatic heterocycles. The molecule has 4 nitrogen and oxygen atoms in total. The fourth-order valence-corrected chi connectivity index (χ4v) is 6.06. The maximum atomic E-state index is 15.1. The van der Waals surface area contributed by atoms with E-state index >= 15 is 4.39 Å². The summed E-state index contributed by atoms with van der Waals surface area (Å²) >= 11 is 0. The molecule has 1 N–H and O–H groups in total. The number of methoxy groups -OCH3 is 1. The lowest BCUT2D eigenvalue weighted by atomic mass is 9.79. The molecule has 3 aromatic rings. The second-order valence-corrected chi connectivity index (χ2v) is 11.7. The van der Waals surface area contributed by atoms with E-state index in [2.05, 4.69) is 32.9 Å². The molecule has 0 bridgehead atoms. The number of carboxylic acid groups (broad SMARTS) is 1. The molecule has 2 aliphatic rings. The van der Waals surface area contributed by atoms with Gasteiger partial charge >= 0.3 is 5.97 Å². The number of halogens is 1. The van der Waals surface area contributed by atoms with Gasteiger partial charge in [-0.2, -0.15) is 0 Å². The maximum absolute atomic E-state index is 15.1. The number of ether oxygens (including phenoxy) is 2. The van der Waals surface area contributed by atoms with Crippen LogP contribution < -0.4 is 9.47 Å². The van der Waals surface area contributed by atoms with Crippen molar-refractivity contribution in [3.05, 3.63) is 89.2 Å². The summed E-state index contributed by atoms with van der Waals surface area (Å²) in [5.41, 5.74) is 5.59. The molecule has 3 atom stereocenters. The summed E-state index contributed by atoms with van der Waals surface area (Å²) in [6.45, 7) is 7.01. The highest BCUT2D eigenvalue weighted by molar-refractivity contribution is 5.85. The van der Waals surface area contributed by atoms with E-state index in [0.29, 0.717) is 29.8 Å². The number of hydrogen-bond acceptors (Lipinski definition) is 3. The van der Waals surface area contributed by atoms with E-state index in [0.717, 1.165) is 47.3 Å². The lowest BCUT2D eigenvalue weighted by Crippen LogP contribution is -2.11. The lowest BCUT2D eigenvalue weighted by Gasteiger charge is -2.25. The first-order valence-corrected chi connectivity index (χ1v) is 13.8. The average Bonchev–Trinajstić information content (AvgIpc) is 3.53. The van der Waals surface area contributed by atoms with Gasteiger partial charge in [0, 0.05) is 5.56 Å². The second kappa shape index (κ2) is 10.9. The van der Waals surface area contributed by atoms with Crippen molar-refractivity contribution in [1.29, 1.82) is 0 Å². The van der Waals surface area contributed by atoms with E-state index in [1.807, 2.05) is 36.4 Å². The van der Waals surface area contributed by atoms with Crippen molar-refractivity contribution in [2.75, 3.05) is 7.11 Å². The van der Waals surface area contributed by atoms with Crippen molar-refractivity contribution in [1.82, 2.24) is 0 Å². The highest BCUT2D eigenvalue weighted by Gasteiger charge is 2.41. The van der Waals surface area contributed by atoms with E-state index in [9.17, 15) is 9.90 Å². The Bertz CT molecular complexity index is 1410. The molecule has 1 fully saturated rings. The standard InChI is InChI=1S/C34H37FO4/c1-21-15-27(21)28(19-33(36)37)23-7-5-8-25(17-23)39-20-22-10-12-26(30-18-24(38-4)11-13-32(30)35)29(16-22)31-9-6-14-34(31,2)3/h5,7-13,16-18,21,27-28H,6,14-15,19-20H2,1-4H3,(H,36,37)/t21-,27+,28+/m1/s1. The molecule has 0 radical (unpaired) electrons. The van der Waals surface area contributed by atoms with Gasteiger partial charge in [-0.25, -0.2) is 4.39 Å². The van der Waals surface area contributed by atoms with Gasteiger partial charge in [-0.15, -0.1) is 0 Å². The summed E-state index contributed by atoms with van der Waals surface area (Å²) in [6.07, 6.45) is 5.51. The van der Waals surface area contributed by atoms with E-state index in [-0.39, 0.29) is 23.6 Å². The van der Waals surface area contributed by atoms with Crippen LogP contribution in [0.3, 0.4) is 0 Å². The van der Waals surface area contributed by atoms with Gasteiger partial charge in [0.15, 0.2) is 0 Å². The molecule has 0 amide bonds. The van der Waals surface area contributed by atoms with Crippen molar-refractivity contribution >= 4 is 11.5 Å². The fraction of sp³-hybridized carbons (Fsp3) is 0.382.